The lowest BCUT2D eigenvalue weighted by atomic mass is 10.1. The first-order chi connectivity index (χ1) is 6.10. The Labute approximate surface area is 77.4 Å². The molecule has 1 unspecified atom stereocenters. The van der Waals surface area contributed by atoms with Crippen molar-refractivity contribution in [1.29, 1.82) is 0 Å². The summed E-state index contributed by atoms with van der Waals surface area (Å²) in [6, 6.07) is 5.68. The molecule has 0 fully saturated rings. The fourth-order valence-corrected chi connectivity index (χ4v) is 1.23. The molecule has 13 heavy (non-hydrogen) atoms. The van der Waals surface area contributed by atoms with Crippen LogP contribution in [0.4, 0.5) is 13.2 Å². The average molecular weight is 206 g/mol. The summed E-state index contributed by atoms with van der Waals surface area (Å²) in [6.45, 7) is -1.65. The zero-order valence-corrected chi connectivity index (χ0v) is 8.09. The maximum Gasteiger partial charge on any atom is 0.301 e. The van der Waals surface area contributed by atoms with E-state index in [9.17, 15) is 13.2 Å². The van der Waals surface area contributed by atoms with Gasteiger partial charge in [0, 0.05) is 5.56 Å². The fourth-order valence-electron chi connectivity index (χ4n) is 0.962. The van der Waals surface area contributed by atoms with E-state index in [1.807, 2.05) is 0 Å². The summed E-state index contributed by atoms with van der Waals surface area (Å²) in [6.07, 6.45) is 0.710. The van der Waals surface area contributed by atoms with Crippen LogP contribution in [-0.4, -0.2) is 6.67 Å². The van der Waals surface area contributed by atoms with Crippen molar-refractivity contribution in [3.05, 3.63) is 35.4 Å². The summed E-state index contributed by atoms with van der Waals surface area (Å²) >= 11 is 0. The van der Waals surface area contributed by atoms with Gasteiger partial charge in [-0.15, -0.1) is 9.24 Å². The summed E-state index contributed by atoms with van der Waals surface area (Å²) in [5, 5.41) is 0. The molecular formula is C9H10F3P. The van der Waals surface area contributed by atoms with Gasteiger partial charge >= 0.3 is 5.92 Å². The summed E-state index contributed by atoms with van der Waals surface area (Å²) in [5.74, 6) is -3.35. The Balaban J connectivity index is 2.92. The first kappa shape index (κ1) is 10.5. The normalized spacial score (nSPS) is 11.7. The van der Waals surface area contributed by atoms with Crippen molar-refractivity contribution in [2.24, 2.45) is 0 Å². The quantitative estimate of drug-likeness (QED) is 0.666. The molecule has 0 amide bonds. The van der Waals surface area contributed by atoms with Gasteiger partial charge in [0.1, 0.15) is 0 Å². The number of hydrogen-bond donors (Lipinski definition) is 0. The van der Waals surface area contributed by atoms with Crippen LogP contribution in [0.2, 0.25) is 0 Å². The third-order valence-corrected chi connectivity index (χ3v) is 2.25. The van der Waals surface area contributed by atoms with E-state index in [1.54, 1.807) is 12.1 Å². The highest BCUT2D eigenvalue weighted by molar-refractivity contribution is 7.15. The largest absolute Gasteiger partial charge is 0.301 e. The van der Waals surface area contributed by atoms with Gasteiger partial charge in [0.05, 0.1) is 0 Å². The predicted molar refractivity (Wildman–Crippen MR) is 49.7 cm³/mol. The van der Waals surface area contributed by atoms with Crippen molar-refractivity contribution in [3.63, 3.8) is 0 Å². The van der Waals surface area contributed by atoms with Crippen LogP contribution in [0.15, 0.2) is 24.3 Å². The number of hydrogen-bond acceptors (Lipinski definition) is 0. The highest BCUT2D eigenvalue weighted by Gasteiger charge is 2.31. The second kappa shape index (κ2) is 4.10. The molecule has 0 saturated heterocycles. The van der Waals surface area contributed by atoms with Crippen LogP contribution in [0.5, 0.6) is 0 Å². The van der Waals surface area contributed by atoms with E-state index in [2.05, 4.69) is 9.24 Å². The molecule has 0 bridgehead atoms. The molecule has 0 aliphatic carbocycles. The molecule has 0 aromatic heterocycles. The highest BCUT2D eigenvalue weighted by Crippen LogP contribution is 2.28. The van der Waals surface area contributed by atoms with E-state index in [4.69, 9.17) is 0 Å². The average Bonchev–Trinajstić information content (AvgIpc) is 2.18. The van der Waals surface area contributed by atoms with Crippen LogP contribution in [0.25, 0.3) is 0 Å². The molecule has 4 heteroatoms. The molecular weight excluding hydrogens is 196 g/mol. The van der Waals surface area contributed by atoms with Crippen molar-refractivity contribution in [2.75, 3.05) is 6.67 Å². The second-order valence-electron chi connectivity index (χ2n) is 2.74. The third kappa shape index (κ3) is 2.44. The molecule has 0 nitrogen and oxygen atoms in total. The maximum absolute atomic E-state index is 12.7. The third-order valence-electron chi connectivity index (χ3n) is 1.78. The molecule has 1 atom stereocenters. The van der Waals surface area contributed by atoms with E-state index in [0.717, 1.165) is 5.56 Å². The van der Waals surface area contributed by atoms with E-state index in [0.29, 0.717) is 6.16 Å². The molecule has 0 aliphatic rings. The predicted octanol–water partition coefficient (Wildman–Crippen LogP) is 3.12. The number of rotatable bonds is 3. The van der Waals surface area contributed by atoms with Gasteiger partial charge in [0.25, 0.3) is 0 Å². The van der Waals surface area contributed by atoms with Crippen molar-refractivity contribution in [2.45, 2.75) is 12.1 Å². The summed E-state index contributed by atoms with van der Waals surface area (Å²) in [7, 11) is 2.49. The smallest absolute Gasteiger partial charge is 0.244 e. The fraction of sp³-hybridized carbons (Fsp3) is 0.333. The minimum absolute atomic E-state index is 0.266. The molecule has 1 rings (SSSR count). The Kier molecular flexibility index (Phi) is 3.32. The van der Waals surface area contributed by atoms with Crippen LogP contribution < -0.4 is 0 Å². The second-order valence-corrected chi connectivity index (χ2v) is 3.15. The van der Waals surface area contributed by atoms with Gasteiger partial charge in [-0.05, 0) is 11.7 Å². The lowest BCUT2D eigenvalue weighted by Crippen LogP contribution is -2.15. The van der Waals surface area contributed by atoms with E-state index in [1.165, 1.54) is 12.1 Å². The zero-order chi connectivity index (χ0) is 9.90. The number of halogens is 3. The number of benzene rings is 1. The Morgan fingerprint density at radius 2 is 1.69 bits per heavy atom. The molecule has 0 spiro atoms. The van der Waals surface area contributed by atoms with Crippen molar-refractivity contribution in [1.82, 2.24) is 0 Å². The molecule has 0 aliphatic heterocycles. The first-order valence-electron chi connectivity index (χ1n) is 3.83. The lowest BCUT2D eigenvalue weighted by Gasteiger charge is -2.12. The van der Waals surface area contributed by atoms with E-state index >= 15 is 0 Å². The minimum Gasteiger partial charge on any atom is -0.244 e. The van der Waals surface area contributed by atoms with Gasteiger partial charge in [-0.3, -0.25) is 0 Å². The standard InChI is InChI=1S/C9H10F3P/c10-6-9(11,12)8-3-1-7(5-13)2-4-8/h1-4H,5-6,13H2. The molecule has 0 heterocycles. The first-order valence-corrected chi connectivity index (χ1v) is 4.65. The minimum atomic E-state index is -3.35. The van der Waals surface area contributed by atoms with E-state index in [-0.39, 0.29) is 5.56 Å². The molecule has 1 aromatic rings. The highest BCUT2D eigenvalue weighted by atomic mass is 31.0. The molecule has 0 N–H and O–H groups in total. The van der Waals surface area contributed by atoms with Gasteiger partial charge in [-0.25, -0.2) is 4.39 Å². The van der Waals surface area contributed by atoms with Crippen molar-refractivity contribution >= 4 is 9.24 Å². The molecule has 1 aromatic carbocycles. The topological polar surface area (TPSA) is 0 Å². The Bertz CT molecular complexity index is 269. The maximum atomic E-state index is 12.7. The van der Waals surface area contributed by atoms with Gasteiger partial charge in [-0.2, -0.15) is 8.78 Å². The zero-order valence-electron chi connectivity index (χ0n) is 6.93. The van der Waals surface area contributed by atoms with Gasteiger partial charge in [-0.1, -0.05) is 24.3 Å². The number of alkyl halides is 3. The van der Waals surface area contributed by atoms with E-state index < -0.39 is 12.6 Å². The molecule has 0 radical (unpaired) electrons. The van der Waals surface area contributed by atoms with Crippen LogP contribution in [0.3, 0.4) is 0 Å². The van der Waals surface area contributed by atoms with Crippen molar-refractivity contribution in [3.8, 4) is 0 Å². The van der Waals surface area contributed by atoms with Crippen molar-refractivity contribution < 1.29 is 13.2 Å². The Morgan fingerprint density at radius 3 is 2.08 bits per heavy atom. The summed E-state index contributed by atoms with van der Waals surface area (Å²) < 4.78 is 37.4. The summed E-state index contributed by atoms with van der Waals surface area (Å²) in [5.41, 5.74) is 0.667. The van der Waals surface area contributed by atoms with Gasteiger partial charge in [0.2, 0.25) is 0 Å². The molecule has 72 valence electrons. The van der Waals surface area contributed by atoms with Gasteiger partial charge < -0.3 is 0 Å². The monoisotopic (exact) mass is 206 g/mol. The van der Waals surface area contributed by atoms with Gasteiger partial charge in [0.15, 0.2) is 6.67 Å². The van der Waals surface area contributed by atoms with Crippen LogP contribution in [0, 0.1) is 0 Å². The Hall–Kier alpha value is -0.560. The Morgan fingerprint density at radius 1 is 1.15 bits per heavy atom. The molecule has 0 saturated carbocycles. The van der Waals surface area contributed by atoms with Crippen LogP contribution in [-0.2, 0) is 12.1 Å². The lowest BCUT2D eigenvalue weighted by molar-refractivity contribution is -0.0280. The van der Waals surface area contributed by atoms with Crippen LogP contribution >= 0.6 is 9.24 Å². The summed E-state index contributed by atoms with van der Waals surface area (Å²) in [4.78, 5) is 0. The van der Waals surface area contributed by atoms with Crippen LogP contribution in [0.1, 0.15) is 11.1 Å². The SMILES string of the molecule is FCC(F)(F)c1ccc(CP)cc1.